The smallest absolute Gasteiger partial charge is 0.270 e. The molecule has 2 aromatic carbocycles. The van der Waals surface area contributed by atoms with E-state index in [9.17, 15) is 9.59 Å². The fraction of sp³-hybridized carbons (Fsp3) is 0.227. The van der Waals surface area contributed by atoms with Gasteiger partial charge >= 0.3 is 0 Å². The van der Waals surface area contributed by atoms with Gasteiger partial charge in [-0.3, -0.25) is 19.8 Å². The van der Waals surface area contributed by atoms with Crippen molar-refractivity contribution in [1.82, 2.24) is 5.32 Å². The molecular weight excluding hydrogens is 388 g/mol. The quantitative estimate of drug-likeness (QED) is 0.464. The second-order valence-corrected chi connectivity index (χ2v) is 6.91. The zero-order valence-corrected chi connectivity index (χ0v) is 17.6. The number of carbonyl (C=O) groups excluding carboxylic acids is 2. The molecule has 0 atom stereocenters. The van der Waals surface area contributed by atoms with Crippen LogP contribution in [0.15, 0.2) is 42.0 Å². The Morgan fingerprint density at radius 3 is 2.59 bits per heavy atom. The molecule has 0 aromatic heterocycles. The van der Waals surface area contributed by atoms with Crippen molar-refractivity contribution in [1.29, 1.82) is 0 Å². The maximum Gasteiger partial charge on any atom is 0.270 e. The standard InChI is InChI=1S/C22H22N2O4S/c1-5-28-18-10-9-15(12-19(18)27-4)11-16-20(25)23-22(29)24(21(16)26)17-8-6-7-13(2)14(17)3/h6-12H,5H2,1-4H3,(H,23,25,29)/b16-11+. The topological polar surface area (TPSA) is 67.9 Å². The van der Waals surface area contributed by atoms with Crippen LogP contribution in [0.2, 0.25) is 0 Å². The van der Waals surface area contributed by atoms with Crippen LogP contribution in [0.25, 0.3) is 6.08 Å². The first kappa shape index (κ1) is 20.5. The highest BCUT2D eigenvalue weighted by Crippen LogP contribution is 2.30. The molecule has 2 aromatic rings. The third-order valence-corrected chi connectivity index (χ3v) is 5.00. The maximum absolute atomic E-state index is 13.2. The summed E-state index contributed by atoms with van der Waals surface area (Å²) in [5, 5.41) is 2.67. The highest BCUT2D eigenvalue weighted by molar-refractivity contribution is 7.80. The molecule has 0 spiro atoms. The minimum atomic E-state index is -0.533. The number of hydrogen-bond acceptors (Lipinski definition) is 5. The molecule has 1 N–H and O–H groups in total. The minimum Gasteiger partial charge on any atom is -0.493 e. The first-order chi connectivity index (χ1) is 13.9. The number of anilines is 1. The summed E-state index contributed by atoms with van der Waals surface area (Å²) in [5.74, 6) is 0.108. The maximum atomic E-state index is 13.2. The predicted molar refractivity (Wildman–Crippen MR) is 116 cm³/mol. The van der Waals surface area contributed by atoms with E-state index in [4.69, 9.17) is 21.7 Å². The van der Waals surface area contributed by atoms with Crippen molar-refractivity contribution in [3.63, 3.8) is 0 Å². The molecule has 0 bridgehead atoms. The van der Waals surface area contributed by atoms with E-state index in [0.717, 1.165) is 11.1 Å². The Kier molecular flexibility index (Phi) is 5.98. The zero-order chi connectivity index (χ0) is 21.1. The Bertz CT molecular complexity index is 1030. The summed E-state index contributed by atoms with van der Waals surface area (Å²) in [6.07, 6.45) is 1.52. The molecule has 1 aliphatic rings. The number of hydrogen-bond donors (Lipinski definition) is 1. The van der Waals surface area contributed by atoms with E-state index in [1.54, 1.807) is 18.2 Å². The molecule has 150 valence electrons. The minimum absolute atomic E-state index is 0.00859. The summed E-state index contributed by atoms with van der Waals surface area (Å²) < 4.78 is 10.9. The van der Waals surface area contributed by atoms with Crippen molar-refractivity contribution >= 4 is 40.9 Å². The van der Waals surface area contributed by atoms with E-state index in [2.05, 4.69) is 5.32 Å². The van der Waals surface area contributed by atoms with Gasteiger partial charge in [0.15, 0.2) is 16.6 Å². The molecule has 0 unspecified atom stereocenters. The average Bonchev–Trinajstić information content (AvgIpc) is 2.69. The third kappa shape index (κ3) is 4.00. The molecule has 3 rings (SSSR count). The molecule has 1 heterocycles. The molecule has 2 amide bonds. The number of ether oxygens (including phenoxy) is 2. The van der Waals surface area contributed by atoms with E-state index in [0.29, 0.717) is 29.4 Å². The van der Waals surface area contributed by atoms with Gasteiger partial charge in [0.1, 0.15) is 5.57 Å². The third-order valence-electron chi connectivity index (χ3n) is 4.72. The van der Waals surface area contributed by atoms with E-state index in [1.165, 1.54) is 18.1 Å². The Morgan fingerprint density at radius 1 is 1.14 bits per heavy atom. The fourth-order valence-electron chi connectivity index (χ4n) is 3.07. The number of amides is 2. The van der Waals surface area contributed by atoms with Gasteiger partial charge in [-0.1, -0.05) is 18.2 Å². The SMILES string of the molecule is CCOc1ccc(/C=C2\C(=O)NC(=S)N(c3cccc(C)c3C)C2=O)cc1OC. The fourth-order valence-corrected chi connectivity index (χ4v) is 3.34. The van der Waals surface area contributed by atoms with Crippen LogP contribution in [0.3, 0.4) is 0 Å². The zero-order valence-electron chi connectivity index (χ0n) is 16.7. The van der Waals surface area contributed by atoms with Gasteiger partial charge in [0.25, 0.3) is 11.8 Å². The van der Waals surface area contributed by atoms with Crippen molar-refractivity contribution in [2.45, 2.75) is 20.8 Å². The van der Waals surface area contributed by atoms with Gasteiger partial charge in [0.2, 0.25) is 0 Å². The molecule has 0 aliphatic carbocycles. The number of thiocarbonyl (C=S) groups is 1. The molecule has 7 heteroatoms. The van der Waals surface area contributed by atoms with Crippen molar-refractivity contribution in [3.05, 3.63) is 58.7 Å². The largest absolute Gasteiger partial charge is 0.493 e. The normalized spacial score (nSPS) is 15.5. The van der Waals surface area contributed by atoms with Crippen molar-refractivity contribution < 1.29 is 19.1 Å². The number of aryl methyl sites for hydroxylation is 1. The molecule has 1 saturated heterocycles. The van der Waals surface area contributed by atoms with Crippen LogP contribution in [0.1, 0.15) is 23.6 Å². The molecule has 29 heavy (non-hydrogen) atoms. The summed E-state index contributed by atoms with van der Waals surface area (Å²) in [5.41, 5.74) is 3.22. The summed E-state index contributed by atoms with van der Waals surface area (Å²) >= 11 is 5.28. The summed E-state index contributed by atoms with van der Waals surface area (Å²) in [6.45, 7) is 6.25. The van der Waals surface area contributed by atoms with Gasteiger partial charge in [0, 0.05) is 0 Å². The predicted octanol–water partition coefficient (Wildman–Crippen LogP) is 3.54. The lowest BCUT2D eigenvalue weighted by Crippen LogP contribution is -2.54. The van der Waals surface area contributed by atoms with Crippen molar-refractivity contribution in [3.8, 4) is 11.5 Å². The van der Waals surface area contributed by atoms with Crippen LogP contribution < -0.4 is 19.7 Å². The lowest BCUT2D eigenvalue weighted by molar-refractivity contribution is -0.122. The lowest BCUT2D eigenvalue weighted by Gasteiger charge is -2.30. The molecule has 0 saturated carbocycles. The van der Waals surface area contributed by atoms with Crippen molar-refractivity contribution in [2.75, 3.05) is 18.6 Å². The lowest BCUT2D eigenvalue weighted by atomic mass is 10.0. The van der Waals surface area contributed by atoms with Crippen molar-refractivity contribution in [2.24, 2.45) is 0 Å². The van der Waals surface area contributed by atoms with E-state index >= 15 is 0 Å². The van der Waals surface area contributed by atoms with Gasteiger partial charge < -0.3 is 9.47 Å². The Balaban J connectivity index is 2.03. The highest BCUT2D eigenvalue weighted by Gasteiger charge is 2.35. The van der Waals surface area contributed by atoms with Crippen LogP contribution >= 0.6 is 12.2 Å². The van der Waals surface area contributed by atoms with Crippen LogP contribution in [-0.2, 0) is 9.59 Å². The first-order valence-corrected chi connectivity index (χ1v) is 9.56. The summed E-state index contributed by atoms with van der Waals surface area (Å²) in [4.78, 5) is 27.1. The Hall–Kier alpha value is -3.19. The molecule has 0 radical (unpaired) electrons. The Morgan fingerprint density at radius 2 is 1.90 bits per heavy atom. The number of nitrogens with zero attached hydrogens (tertiary/aromatic N) is 1. The molecule has 1 fully saturated rings. The van der Waals surface area contributed by atoms with E-state index in [1.807, 2.05) is 39.0 Å². The molecule has 6 nitrogen and oxygen atoms in total. The van der Waals surface area contributed by atoms with Gasteiger partial charge in [-0.2, -0.15) is 0 Å². The monoisotopic (exact) mass is 410 g/mol. The number of rotatable bonds is 5. The van der Waals surface area contributed by atoms with Crippen LogP contribution in [0, 0.1) is 13.8 Å². The summed E-state index contributed by atoms with van der Waals surface area (Å²) in [7, 11) is 1.54. The number of methoxy groups -OCH3 is 1. The van der Waals surface area contributed by atoms with Gasteiger partial charge in [-0.05, 0) is 74.0 Å². The van der Waals surface area contributed by atoms with Crippen LogP contribution in [-0.4, -0.2) is 30.6 Å². The molecular formula is C22H22N2O4S. The second-order valence-electron chi connectivity index (χ2n) is 6.52. The van der Waals surface area contributed by atoms with Crippen LogP contribution in [0.5, 0.6) is 11.5 Å². The van der Waals surface area contributed by atoms with Gasteiger partial charge in [-0.15, -0.1) is 0 Å². The van der Waals surface area contributed by atoms with E-state index in [-0.39, 0.29) is 10.7 Å². The van der Waals surface area contributed by atoms with E-state index < -0.39 is 11.8 Å². The van der Waals surface area contributed by atoms with Crippen LogP contribution in [0.4, 0.5) is 5.69 Å². The number of benzene rings is 2. The highest BCUT2D eigenvalue weighted by atomic mass is 32.1. The second kappa shape index (κ2) is 8.45. The number of carbonyl (C=O) groups is 2. The first-order valence-electron chi connectivity index (χ1n) is 9.15. The Labute approximate surface area is 175 Å². The van der Waals surface area contributed by atoms with Gasteiger partial charge in [-0.25, -0.2) is 0 Å². The number of nitrogens with one attached hydrogen (secondary N) is 1. The summed E-state index contributed by atoms with van der Waals surface area (Å²) in [6, 6.07) is 10.8. The molecule has 1 aliphatic heterocycles. The average molecular weight is 410 g/mol. The van der Waals surface area contributed by atoms with Gasteiger partial charge in [0.05, 0.1) is 19.4 Å².